The summed E-state index contributed by atoms with van der Waals surface area (Å²) in [5.41, 5.74) is 3.62. The number of hydrogen-bond donors (Lipinski definition) is 0. The van der Waals surface area contributed by atoms with Crippen molar-refractivity contribution in [3.05, 3.63) is 72.1 Å². The van der Waals surface area contributed by atoms with Crippen molar-refractivity contribution in [2.24, 2.45) is 0 Å². The highest BCUT2D eigenvalue weighted by Gasteiger charge is 2.19. The van der Waals surface area contributed by atoms with Crippen molar-refractivity contribution >= 4 is 17.5 Å². The molecular formula is C19H23ClN2O. The van der Waals surface area contributed by atoms with Crippen molar-refractivity contribution in [1.29, 1.82) is 0 Å². The molecule has 1 aromatic heterocycles. The van der Waals surface area contributed by atoms with E-state index in [1.54, 1.807) is 17.9 Å². The average Bonchev–Trinajstić information content (AvgIpc) is 2.95. The maximum Gasteiger partial charge on any atom is 0.240 e. The molecule has 0 bridgehead atoms. The largest absolute Gasteiger partial charge is 0.345 e. The van der Waals surface area contributed by atoms with Gasteiger partial charge in [0.2, 0.25) is 5.91 Å². The van der Waals surface area contributed by atoms with E-state index in [4.69, 9.17) is 11.6 Å². The predicted octanol–water partition coefficient (Wildman–Crippen LogP) is 3.99. The van der Waals surface area contributed by atoms with Crippen LogP contribution in [0.4, 0.5) is 0 Å². The number of aromatic nitrogens is 1. The summed E-state index contributed by atoms with van der Waals surface area (Å²) in [6.45, 7) is 9.36. The minimum atomic E-state index is -0.533. The molecule has 1 atom stereocenters. The molecule has 122 valence electrons. The van der Waals surface area contributed by atoms with E-state index in [0.717, 1.165) is 12.2 Å². The van der Waals surface area contributed by atoms with Gasteiger partial charge >= 0.3 is 0 Å². The molecular weight excluding hydrogens is 308 g/mol. The fourth-order valence-corrected chi connectivity index (χ4v) is 2.69. The predicted molar refractivity (Wildman–Crippen MR) is 95.6 cm³/mol. The van der Waals surface area contributed by atoms with E-state index in [0.29, 0.717) is 13.1 Å². The van der Waals surface area contributed by atoms with Crippen LogP contribution in [0.25, 0.3) is 0 Å². The van der Waals surface area contributed by atoms with E-state index in [-0.39, 0.29) is 5.91 Å². The number of carbonyl (C=O) groups excluding carboxylic acids is 1. The third-order valence-electron chi connectivity index (χ3n) is 3.88. The molecule has 0 saturated carbocycles. The number of aryl methyl sites for hydroxylation is 1. The van der Waals surface area contributed by atoms with Crippen molar-refractivity contribution in [1.82, 2.24) is 9.47 Å². The summed E-state index contributed by atoms with van der Waals surface area (Å²) in [6, 6.07) is 12.4. The van der Waals surface area contributed by atoms with Crippen LogP contribution in [0.15, 0.2) is 55.3 Å². The number of hydrogen-bond acceptors (Lipinski definition) is 1. The molecule has 3 nitrogen and oxygen atoms in total. The maximum absolute atomic E-state index is 12.2. The first-order valence-corrected chi connectivity index (χ1v) is 8.19. The van der Waals surface area contributed by atoms with Crippen molar-refractivity contribution < 1.29 is 4.79 Å². The number of amides is 1. The zero-order chi connectivity index (χ0) is 16.8. The Kier molecular flexibility index (Phi) is 6.05. The number of rotatable bonds is 7. The molecule has 2 rings (SSSR count). The first-order valence-electron chi connectivity index (χ1n) is 7.75. The van der Waals surface area contributed by atoms with Crippen LogP contribution in [0, 0.1) is 6.92 Å². The molecule has 2 aromatic rings. The van der Waals surface area contributed by atoms with Gasteiger partial charge in [-0.15, -0.1) is 18.2 Å². The van der Waals surface area contributed by atoms with E-state index >= 15 is 0 Å². The third-order valence-corrected chi connectivity index (χ3v) is 4.07. The second-order valence-corrected chi connectivity index (χ2v) is 6.33. The van der Waals surface area contributed by atoms with Crippen molar-refractivity contribution in [2.75, 3.05) is 6.54 Å². The van der Waals surface area contributed by atoms with Gasteiger partial charge in [-0.05, 0) is 37.1 Å². The highest BCUT2D eigenvalue weighted by molar-refractivity contribution is 6.30. The highest BCUT2D eigenvalue weighted by Crippen LogP contribution is 2.14. The smallest absolute Gasteiger partial charge is 0.240 e. The standard InChI is InChI=1S/C19H23ClN2O/c1-4-11-22(19(23)16(3)20)14-18-10-7-12-21(18)13-17-9-6-5-8-15(17)2/h4-10,12,16H,1,11,13-14H2,2-3H3. The van der Waals surface area contributed by atoms with Crippen molar-refractivity contribution in [3.8, 4) is 0 Å². The quantitative estimate of drug-likeness (QED) is 0.556. The van der Waals surface area contributed by atoms with Crippen LogP contribution in [0.1, 0.15) is 23.7 Å². The monoisotopic (exact) mass is 330 g/mol. The van der Waals surface area contributed by atoms with Gasteiger partial charge in [-0.25, -0.2) is 0 Å². The van der Waals surface area contributed by atoms with Gasteiger partial charge in [-0.2, -0.15) is 0 Å². The van der Waals surface area contributed by atoms with Crippen LogP contribution in [0.5, 0.6) is 0 Å². The van der Waals surface area contributed by atoms with E-state index in [1.807, 2.05) is 30.5 Å². The Bertz CT molecular complexity index is 676. The van der Waals surface area contributed by atoms with Gasteiger partial charge in [0.1, 0.15) is 5.38 Å². The van der Waals surface area contributed by atoms with Gasteiger partial charge in [-0.3, -0.25) is 4.79 Å². The molecule has 0 aliphatic carbocycles. The molecule has 1 unspecified atom stereocenters. The zero-order valence-electron chi connectivity index (χ0n) is 13.7. The minimum Gasteiger partial charge on any atom is -0.345 e. The molecule has 0 saturated heterocycles. The number of alkyl halides is 1. The molecule has 4 heteroatoms. The summed E-state index contributed by atoms with van der Waals surface area (Å²) in [4.78, 5) is 14.0. The van der Waals surface area contributed by atoms with Crippen LogP contribution >= 0.6 is 11.6 Å². The summed E-state index contributed by atoms with van der Waals surface area (Å²) < 4.78 is 2.17. The van der Waals surface area contributed by atoms with E-state index < -0.39 is 5.38 Å². The summed E-state index contributed by atoms with van der Waals surface area (Å²) >= 11 is 5.96. The molecule has 0 aliphatic heterocycles. The Morgan fingerprint density at radius 1 is 1.35 bits per heavy atom. The minimum absolute atomic E-state index is 0.0739. The first kappa shape index (κ1) is 17.4. The lowest BCUT2D eigenvalue weighted by atomic mass is 10.1. The zero-order valence-corrected chi connectivity index (χ0v) is 14.5. The lowest BCUT2D eigenvalue weighted by Gasteiger charge is -2.23. The summed E-state index contributed by atoms with van der Waals surface area (Å²) in [5.74, 6) is -0.0739. The van der Waals surface area contributed by atoms with Gasteiger partial charge in [0, 0.05) is 25.0 Å². The Morgan fingerprint density at radius 3 is 2.74 bits per heavy atom. The molecule has 0 radical (unpaired) electrons. The fraction of sp³-hybridized carbons (Fsp3) is 0.316. The maximum atomic E-state index is 12.2. The van der Waals surface area contributed by atoms with Gasteiger partial charge in [0.25, 0.3) is 0 Å². The third kappa shape index (κ3) is 4.49. The molecule has 1 aromatic carbocycles. The highest BCUT2D eigenvalue weighted by atomic mass is 35.5. The van der Waals surface area contributed by atoms with Gasteiger partial charge in [-0.1, -0.05) is 30.3 Å². The van der Waals surface area contributed by atoms with E-state index in [1.165, 1.54) is 11.1 Å². The SMILES string of the molecule is C=CCN(Cc1cccn1Cc1ccccc1C)C(=O)C(C)Cl. The van der Waals surface area contributed by atoms with Crippen molar-refractivity contribution in [2.45, 2.75) is 32.3 Å². The fourth-order valence-electron chi connectivity index (χ4n) is 2.55. The van der Waals surface area contributed by atoms with Crippen LogP contribution in [-0.4, -0.2) is 27.3 Å². The number of carbonyl (C=O) groups is 1. The molecule has 23 heavy (non-hydrogen) atoms. The van der Waals surface area contributed by atoms with Crippen LogP contribution in [0.3, 0.4) is 0 Å². The number of nitrogens with zero attached hydrogens (tertiary/aromatic N) is 2. The summed E-state index contributed by atoms with van der Waals surface area (Å²) in [5, 5.41) is -0.533. The van der Waals surface area contributed by atoms with E-state index in [9.17, 15) is 4.79 Å². The first-order chi connectivity index (χ1) is 11.0. The second kappa shape index (κ2) is 8.02. The topological polar surface area (TPSA) is 25.2 Å². The Labute approximate surface area is 143 Å². The molecule has 0 spiro atoms. The van der Waals surface area contributed by atoms with E-state index in [2.05, 4.69) is 30.2 Å². The molecule has 1 heterocycles. The summed E-state index contributed by atoms with van der Waals surface area (Å²) in [6.07, 6.45) is 3.77. The average molecular weight is 331 g/mol. The Hall–Kier alpha value is -2.00. The lowest BCUT2D eigenvalue weighted by molar-refractivity contribution is -0.130. The van der Waals surface area contributed by atoms with Crippen LogP contribution < -0.4 is 0 Å². The van der Waals surface area contributed by atoms with Crippen LogP contribution in [0.2, 0.25) is 0 Å². The normalized spacial score (nSPS) is 12.0. The number of halogens is 1. The second-order valence-electron chi connectivity index (χ2n) is 5.68. The lowest BCUT2D eigenvalue weighted by Crippen LogP contribution is -2.36. The van der Waals surface area contributed by atoms with Crippen molar-refractivity contribution in [3.63, 3.8) is 0 Å². The number of benzene rings is 1. The molecule has 1 amide bonds. The summed E-state index contributed by atoms with van der Waals surface area (Å²) in [7, 11) is 0. The van der Waals surface area contributed by atoms with Gasteiger partial charge in [0.15, 0.2) is 0 Å². The molecule has 0 N–H and O–H groups in total. The molecule has 0 fully saturated rings. The van der Waals surface area contributed by atoms with Gasteiger partial charge < -0.3 is 9.47 Å². The molecule has 0 aliphatic rings. The van der Waals surface area contributed by atoms with Gasteiger partial charge in [0.05, 0.1) is 6.54 Å². The Morgan fingerprint density at radius 2 is 2.09 bits per heavy atom. The van der Waals surface area contributed by atoms with Crippen LogP contribution in [-0.2, 0) is 17.9 Å². The Balaban J connectivity index is 2.18.